The van der Waals surface area contributed by atoms with E-state index < -0.39 is 0 Å². The molecule has 0 saturated carbocycles. The molecule has 0 radical (unpaired) electrons. The normalized spacial score (nSPS) is 11.8. The molecule has 104 valence electrons. The summed E-state index contributed by atoms with van der Waals surface area (Å²) >= 11 is 1.58. The third kappa shape index (κ3) is 7.06. The number of methoxy groups -OCH3 is 1. The van der Waals surface area contributed by atoms with Crippen molar-refractivity contribution in [2.24, 2.45) is 4.40 Å². The summed E-state index contributed by atoms with van der Waals surface area (Å²) in [5, 5.41) is 0. The molecule has 2 nitrogen and oxygen atoms in total. The molecule has 0 aliphatic heterocycles. The predicted molar refractivity (Wildman–Crippen MR) is 86.3 cm³/mol. The van der Waals surface area contributed by atoms with Gasteiger partial charge < -0.3 is 4.74 Å². The van der Waals surface area contributed by atoms with Gasteiger partial charge in [0.1, 0.15) is 5.75 Å². The van der Waals surface area contributed by atoms with Gasteiger partial charge in [-0.05, 0) is 68.8 Å². The summed E-state index contributed by atoms with van der Waals surface area (Å²) in [7, 11) is 1.68. The van der Waals surface area contributed by atoms with Crippen LogP contribution in [0.4, 0.5) is 0 Å². The van der Waals surface area contributed by atoms with Crippen molar-refractivity contribution < 1.29 is 4.74 Å². The second-order valence-corrected chi connectivity index (χ2v) is 7.06. The molecule has 1 rings (SSSR count). The van der Waals surface area contributed by atoms with Gasteiger partial charge in [0.2, 0.25) is 0 Å². The van der Waals surface area contributed by atoms with Crippen molar-refractivity contribution in [3.05, 3.63) is 42.0 Å². The summed E-state index contributed by atoms with van der Waals surface area (Å²) in [5.74, 6) is 0.894. The molecule has 0 heterocycles. The van der Waals surface area contributed by atoms with Gasteiger partial charge >= 0.3 is 0 Å². The first-order valence-corrected chi connectivity index (χ1v) is 7.20. The number of rotatable bonds is 6. The van der Waals surface area contributed by atoms with Crippen molar-refractivity contribution in [3.63, 3.8) is 0 Å². The van der Waals surface area contributed by atoms with Crippen LogP contribution < -0.4 is 4.74 Å². The molecule has 0 aromatic heterocycles. The SMILES string of the molecule is C=C(/C=N/SC(C)(C)C)CCc1ccc(OC)cc1. The fourth-order valence-corrected chi connectivity index (χ4v) is 1.94. The van der Waals surface area contributed by atoms with E-state index in [0.29, 0.717) is 0 Å². The van der Waals surface area contributed by atoms with E-state index in [-0.39, 0.29) is 4.75 Å². The van der Waals surface area contributed by atoms with Gasteiger partial charge in [-0.1, -0.05) is 18.7 Å². The van der Waals surface area contributed by atoms with Crippen LogP contribution in [0.1, 0.15) is 32.8 Å². The highest BCUT2D eigenvalue weighted by molar-refractivity contribution is 7.99. The first-order valence-electron chi connectivity index (χ1n) is 6.43. The van der Waals surface area contributed by atoms with Crippen molar-refractivity contribution in [2.45, 2.75) is 38.4 Å². The summed E-state index contributed by atoms with van der Waals surface area (Å²) in [6, 6.07) is 8.16. The number of hydrogen-bond donors (Lipinski definition) is 0. The Bertz CT molecular complexity index is 429. The van der Waals surface area contributed by atoms with Crippen LogP contribution in [-0.2, 0) is 6.42 Å². The van der Waals surface area contributed by atoms with E-state index in [2.05, 4.69) is 43.9 Å². The minimum Gasteiger partial charge on any atom is -0.497 e. The predicted octanol–water partition coefficient (Wildman–Crippen LogP) is 4.70. The quantitative estimate of drug-likeness (QED) is 0.555. The summed E-state index contributed by atoms with van der Waals surface area (Å²) < 4.78 is 9.65. The van der Waals surface area contributed by atoms with Gasteiger partial charge in [0.05, 0.1) is 7.11 Å². The van der Waals surface area contributed by atoms with Crippen LogP contribution in [0.5, 0.6) is 5.75 Å². The zero-order valence-corrected chi connectivity index (χ0v) is 13.1. The number of hydrogen-bond acceptors (Lipinski definition) is 3. The number of ether oxygens (including phenoxy) is 1. The second kappa shape index (κ2) is 7.39. The van der Waals surface area contributed by atoms with E-state index >= 15 is 0 Å². The molecule has 1 aromatic rings. The number of nitrogens with zero attached hydrogens (tertiary/aromatic N) is 1. The zero-order chi connectivity index (χ0) is 14.3. The molecule has 3 heteroatoms. The average molecular weight is 277 g/mol. The van der Waals surface area contributed by atoms with Gasteiger partial charge in [0, 0.05) is 11.0 Å². The van der Waals surface area contributed by atoms with Crippen LogP contribution in [0.2, 0.25) is 0 Å². The molecular weight excluding hydrogens is 254 g/mol. The molecule has 0 saturated heterocycles. The molecule has 0 N–H and O–H groups in total. The average Bonchev–Trinajstić information content (AvgIpc) is 2.35. The third-order valence-corrected chi connectivity index (χ3v) is 3.21. The fraction of sp³-hybridized carbons (Fsp3) is 0.438. The Balaban J connectivity index is 2.37. The molecule has 0 atom stereocenters. The van der Waals surface area contributed by atoms with E-state index in [1.807, 2.05) is 18.3 Å². The van der Waals surface area contributed by atoms with Crippen molar-refractivity contribution in [2.75, 3.05) is 7.11 Å². The third-order valence-electron chi connectivity index (χ3n) is 2.46. The minimum absolute atomic E-state index is 0.159. The van der Waals surface area contributed by atoms with Crippen molar-refractivity contribution in [3.8, 4) is 5.75 Å². The maximum atomic E-state index is 5.14. The molecule has 0 unspecified atom stereocenters. The first kappa shape index (κ1) is 15.8. The second-order valence-electron chi connectivity index (χ2n) is 5.44. The highest BCUT2D eigenvalue weighted by atomic mass is 32.2. The Labute approximate surface area is 121 Å². The number of benzene rings is 1. The maximum Gasteiger partial charge on any atom is 0.118 e. The van der Waals surface area contributed by atoms with Crippen molar-refractivity contribution in [1.82, 2.24) is 0 Å². The molecule has 0 fully saturated rings. The molecule has 0 amide bonds. The Morgan fingerprint density at radius 1 is 1.32 bits per heavy atom. The maximum absolute atomic E-state index is 5.14. The lowest BCUT2D eigenvalue weighted by Crippen LogP contribution is -2.05. The Morgan fingerprint density at radius 2 is 1.95 bits per heavy atom. The van der Waals surface area contributed by atoms with E-state index in [4.69, 9.17) is 4.74 Å². The minimum atomic E-state index is 0.159. The van der Waals surface area contributed by atoms with Crippen LogP contribution >= 0.6 is 11.9 Å². The summed E-state index contributed by atoms with van der Waals surface area (Å²) in [5.41, 5.74) is 2.35. The van der Waals surface area contributed by atoms with Crippen LogP contribution in [0.3, 0.4) is 0 Å². The Morgan fingerprint density at radius 3 is 2.47 bits per heavy atom. The van der Waals surface area contributed by atoms with Crippen LogP contribution in [0.15, 0.2) is 40.8 Å². The van der Waals surface area contributed by atoms with Gasteiger partial charge in [-0.25, -0.2) is 4.40 Å². The molecule has 0 bridgehead atoms. The molecule has 0 aliphatic rings. The molecular formula is C16H23NOS. The highest BCUT2D eigenvalue weighted by Gasteiger charge is 2.08. The van der Waals surface area contributed by atoms with E-state index in [0.717, 1.165) is 24.2 Å². The molecule has 0 spiro atoms. The molecule has 1 aromatic carbocycles. The lowest BCUT2D eigenvalue weighted by molar-refractivity contribution is 0.414. The summed E-state index contributed by atoms with van der Waals surface area (Å²) in [6.07, 6.45) is 3.79. The summed E-state index contributed by atoms with van der Waals surface area (Å²) in [4.78, 5) is 0. The largest absolute Gasteiger partial charge is 0.497 e. The monoisotopic (exact) mass is 277 g/mol. The number of aryl methyl sites for hydroxylation is 1. The van der Waals surface area contributed by atoms with Crippen LogP contribution in [0.25, 0.3) is 0 Å². The van der Waals surface area contributed by atoms with Crippen LogP contribution in [0, 0.1) is 0 Å². The van der Waals surface area contributed by atoms with E-state index in [1.165, 1.54) is 5.56 Å². The first-order chi connectivity index (χ1) is 8.90. The smallest absolute Gasteiger partial charge is 0.118 e. The van der Waals surface area contributed by atoms with Crippen LogP contribution in [-0.4, -0.2) is 18.1 Å². The molecule has 19 heavy (non-hydrogen) atoms. The van der Waals surface area contributed by atoms with Gasteiger partial charge in [-0.3, -0.25) is 0 Å². The van der Waals surface area contributed by atoms with Gasteiger partial charge in [-0.15, -0.1) is 0 Å². The highest BCUT2D eigenvalue weighted by Crippen LogP contribution is 2.24. The van der Waals surface area contributed by atoms with E-state index in [1.54, 1.807) is 19.1 Å². The van der Waals surface area contributed by atoms with Gasteiger partial charge in [0.15, 0.2) is 0 Å². The topological polar surface area (TPSA) is 21.6 Å². The van der Waals surface area contributed by atoms with Crippen molar-refractivity contribution in [1.29, 1.82) is 0 Å². The summed E-state index contributed by atoms with van der Waals surface area (Å²) in [6.45, 7) is 10.5. The lowest BCUT2D eigenvalue weighted by atomic mass is 10.1. The van der Waals surface area contributed by atoms with Crippen molar-refractivity contribution >= 4 is 18.2 Å². The van der Waals surface area contributed by atoms with E-state index in [9.17, 15) is 0 Å². The van der Waals surface area contributed by atoms with Gasteiger partial charge in [-0.2, -0.15) is 0 Å². The number of allylic oxidation sites excluding steroid dienone is 1. The van der Waals surface area contributed by atoms with Gasteiger partial charge in [0.25, 0.3) is 0 Å². The Hall–Kier alpha value is -1.22. The Kier molecular flexibility index (Phi) is 6.16. The standard InChI is InChI=1S/C16H23NOS/c1-13(12-17-19-16(2,3)4)6-7-14-8-10-15(18-5)11-9-14/h8-12H,1,6-7H2,2-5H3/b17-12+. The lowest BCUT2D eigenvalue weighted by Gasteiger charge is -2.12. The molecule has 0 aliphatic carbocycles. The zero-order valence-electron chi connectivity index (χ0n) is 12.3. The fourth-order valence-electron chi connectivity index (χ4n) is 1.42.